The van der Waals surface area contributed by atoms with E-state index in [-0.39, 0.29) is 11.0 Å². The van der Waals surface area contributed by atoms with E-state index < -0.39 is 0 Å². The standard InChI is InChI=1S/C5H8Cl3N2/c1-9-3(6)4(7)10(2)5(9)8/h3-4H,1-2H3/q+1. The van der Waals surface area contributed by atoms with Gasteiger partial charge in [-0.1, -0.05) is 23.2 Å². The van der Waals surface area contributed by atoms with Crippen LogP contribution in [0.1, 0.15) is 0 Å². The normalized spacial score (nSPS) is 33.9. The summed E-state index contributed by atoms with van der Waals surface area (Å²) in [5, 5.41) is 0.583. The second kappa shape index (κ2) is 2.76. The molecule has 1 rings (SSSR count). The van der Waals surface area contributed by atoms with Gasteiger partial charge in [0.2, 0.25) is 11.0 Å². The van der Waals surface area contributed by atoms with Gasteiger partial charge >= 0.3 is 5.29 Å². The summed E-state index contributed by atoms with van der Waals surface area (Å²) < 4.78 is 1.72. The first-order valence-corrected chi connectivity index (χ1v) is 4.07. The molecular formula is C5H8Cl3N2+. The van der Waals surface area contributed by atoms with Crippen molar-refractivity contribution in [2.24, 2.45) is 0 Å². The molecule has 0 N–H and O–H groups in total. The van der Waals surface area contributed by atoms with Gasteiger partial charge in [-0.05, 0) is 0 Å². The van der Waals surface area contributed by atoms with Crippen LogP contribution in [0.2, 0.25) is 0 Å². The first-order valence-electron chi connectivity index (χ1n) is 2.82. The van der Waals surface area contributed by atoms with Crippen LogP contribution in [0.3, 0.4) is 0 Å². The molecule has 1 heterocycles. The van der Waals surface area contributed by atoms with Crippen LogP contribution in [0.5, 0.6) is 0 Å². The van der Waals surface area contributed by atoms with Crippen LogP contribution in [0, 0.1) is 0 Å². The number of halogens is 3. The van der Waals surface area contributed by atoms with Crippen molar-refractivity contribution in [3.8, 4) is 0 Å². The predicted octanol–water partition coefficient (Wildman–Crippen LogP) is 1.30. The molecule has 0 amide bonds. The summed E-state index contributed by atoms with van der Waals surface area (Å²) in [5.74, 6) is 0. The third-order valence-corrected chi connectivity index (χ3v) is 3.27. The van der Waals surface area contributed by atoms with Crippen LogP contribution in [0.25, 0.3) is 0 Å². The second-order valence-corrected chi connectivity index (χ2v) is 3.47. The number of alkyl halides is 2. The van der Waals surface area contributed by atoms with Crippen molar-refractivity contribution in [2.45, 2.75) is 11.0 Å². The highest BCUT2D eigenvalue weighted by molar-refractivity contribution is 6.63. The van der Waals surface area contributed by atoms with Gasteiger partial charge in [-0.3, -0.25) is 0 Å². The molecule has 58 valence electrons. The molecule has 0 aromatic carbocycles. The lowest BCUT2D eigenvalue weighted by Gasteiger charge is -2.06. The average molecular weight is 202 g/mol. The van der Waals surface area contributed by atoms with Gasteiger partial charge in [0.1, 0.15) is 0 Å². The van der Waals surface area contributed by atoms with Crippen LogP contribution in [0.15, 0.2) is 0 Å². The molecule has 2 unspecified atom stereocenters. The summed E-state index contributed by atoms with van der Waals surface area (Å²) in [5.41, 5.74) is -0.474. The minimum atomic E-state index is -0.237. The smallest absolute Gasteiger partial charge is 0.232 e. The number of amidine groups is 1. The van der Waals surface area contributed by atoms with Crippen LogP contribution < -0.4 is 0 Å². The van der Waals surface area contributed by atoms with E-state index in [1.165, 1.54) is 0 Å². The zero-order chi connectivity index (χ0) is 7.89. The van der Waals surface area contributed by atoms with E-state index in [4.69, 9.17) is 34.8 Å². The molecule has 0 radical (unpaired) electrons. The third kappa shape index (κ3) is 1.09. The van der Waals surface area contributed by atoms with Gasteiger partial charge < -0.3 is 0 Å². The Balaban J connectivity index is 2.88. The first-order chi connectivity index (χ1) is 4.55. The molecule has 0 aromatic rings. The summed E-state index contributed by atoms with van der Waals surface area (Å²) >= 11 is 17.5. The molecule has 2 atom stereocenters. The minimum Gasteiger partial charge on any atom is -0.232 e. The van der Waals surface area contributed by atoms with Gasteiger partial charge in [-0.15, -0.1) is 0 Å². The van der Waals surface area contributed by atoms with E-state index >= 15 is 0 Å². The van der Waals surface area contributed by atoms with Crippen LogP contribution in [-0.2, 0) is 0 Å². The van der Waals surface area contributed by atoms with Crippen molar-refractivity contribution >= 4 is 40.1 Å². The Bertz CT molecular complexity index is 162. The van der Waals surface area contributed by atoms with E-state index in [0.29, 0.717) is 5.29 Å². The molecule has 0 bridgehead atoms. The SMILES string of the molecule is CN1C(Cl)=[N+](C)C(Cl)C1Cl. The number of likely N-dealkylation sites (N-methyl/N-ethyl adjacent to an activating group) is 2. The molecule has 0 aromatic heterocycles. The Kier molecular flexibility index (Phi) is 2.33. The van der Waals surface area contributed by atoms with Crippen molar-refractivity contribution in [3.05, 3.63) is 0 Å². The number of hydrogen-bond acceptors (Lipinski definition) is 1. The quantitative estimate of drug-likeness (QED) is 0.326. The minimum absolute atomic E-state index is 0.237. The maximum atomic E-state index is 5.85. The lowest BCUT2D eigenvalue weighted by atomic mass is 10.6. The molecule has 5 heteroatoms. The topological polar surface area (TPSA) is 6.25 Å². The molecule has 1 aliphatic rings. The van der Waals surface area contributed by atoms with Gasteiger partial charge in [-0.2, -0.15) is 0 Å². The van der Waals surface area contributed by atoms with Crippen LogP contribution in [-0.4, -0.2) is 39.9 Å². The molecule has 0 aliphatic carbocycles. The zero-order valence-corrected chi connectivity index (χ0v) is 7.95. The Morgan fingerprint density at radius 1 is 1.50 bits per heavy atom. The highest BCUT2D eigenvalue weighted by Crippen LogP contribution is 2.22. The Labute approximate surface area is 75.0 Å². The van der Waals surface area contributed by atoms with Gasteiger partial charge in [0, 0.05) is 11.6 Å². The van der Waals surface area contributed by atoms with Gasteiger partial charge in [0.05, 0.1) is 14.1 Å². The van der Waals surface area contributed by atoms with Crippen molar-refractivity contribution in [2.75, 3.05) is 14.1 Å². The number of rotatable bonds is 0. The lowest BCUT2D eigenvalue weighted by molar-refractivity contribution is -0.503. The van der Waals surface area contributed by atoms with E-state index in [1.807, 2.05) is 0 Å². The van der Waals surface area contributed by atoms with E-state index in [1.54, 1.807) is 23.6 Å². The Morgan fingerprint density at radius 2 is 2.00 bits per heavy atom. The summed E-state index contributed by atoms with van der Waals surface area (Å²) in [6.07, 6.45) is 0. The van der Waals surface area contributed by atoms with Gasteiger partial charge in [0.25, 0.3) is 0 Å². The highest BCUT2D eigenvalue weighted by Gasteiger charge is 2.41. The maximum absolute atomic E-state index is 5.85. The lowest BCUT2D eigenvalue weighted by Crippen LogP contribution is -2.28. The van der Waals surface area contributed by atoms with Crippen molar-refractivity contribution in [1.82, 2.24) is 4.90 Å². The Morgan fingerprint density at radius 3 is 2.10 bits per heavy atom. The van der Waals surface area contributed by atoms with Crippen molar-refractivity contribution < 1.29 is 4.58 Å². The molecule has 1 aliphatic heterocycles. The predicted molar refractivity (Wildman–Crippen MR) is 44.1 cm³/mol. The Hall–Kier alpha value is 0.340. The summed E-state index contributed by atoms with van der Waals surface area (Å²) in [4.78, 5) is 1.72. The number of hydrogen-bond donors (Lipinski definition) is 0. The molecule has 0 spiro atoms. The van der Waals surface area contributed by atoms with Gasteiger partial charge in [0.15, 0.2) is 0 Å². The third-order valence-electron chi connectivity index (χ3n) is 1.55. The van der Waals surface area contributed by atoms with Gasteiger partial charge in [-0.25, -0.2) is 9.48 Å². The molecule has 0 fully saturated rings. The van der Waals surface area contributed by atoms with Crippen molar-refractivity contribution in [1.29, 1.82) is 0 Å². The largest absolute Gasteiger partial charge is 0.347 e. The molecule has 0 saturated carbocycles. The fraction of sp³-hybridized carbons (Fsp3) is 0.800. The first kappa shape index (κ1) is 8.44. The fourth-order valence-corrected chi connectivity index (χ4v) is 1.65. The summed E-state index contributed by atoms with van der Waals surface area (Å²) in [7, 11) is 3.61. The monoisotopic (exact) mass is 201 g/mol. The molecule has 0 saturated heterocycles. The summed E-state index contributed by atoms with van der Waals surface area (Å²) in [6, 6.07) is 0. The van der Waals surface area contributed by atoms with Crippen molar-refractivity contribution in [3.63, 3.8) is 0 Å². The zero-order valence-electron chi connectivity index (χ0n) is 5.68. The second-order valence-electron chi connectivity index (χ2n) is 2.24. The van der Waals surface area contributed by atoms with E-state index in [2.05, 4.69) is 0 Å². The highest BCUT2D eigenvalue weighted by atomic mass is 35.5. The number of nitrogens with zero attached hydrogens (tertiary/aromatic N) is 2. The summed E-state index contributed by atoms with van der Waals surface area (Å²) in [6.45, 7) is 0. The molecule has 2 nitrogen and oxygen atoms in total. The molecule has 10 heavy (non-hydrogen) atoms. The molecular weight excluding hydrogens is 194 g/mol. The van der Waals surface area contributed by atoms with Crippen LogP contribution in [0.4, 0.5) is 0 Å². The average Bonchev–Trinajstić information content (AvgIpc) is 2.07. The van der Waals surface area contributed by atoms with Crippen LogP contribution >= 0.6 is 34.8 Å². The van der Waals surface area contributed by atoms with E-state index in [9.17, 15) is 0 Å². The van der Waals surface area contributed by atoms with E-state index in [0.717, 1.165) is 0 Å². The fourth-order valence-electron chi connectivity index (χ4n) is 0.821. The maximum Gasteiger partial charge on any atom is 0.347 e.